The van der Waals surface area contributed by atoms with Crippen molar-refractivity contribution < 1.29 is 8.42 Å². The molecule has 0 saturated heterocycles. The van der Waals surface area contributed by atoms with Crippen LogP contribution in [0.1, 0.15) is 11.1 Å². The molecular weight excluding hydrogens is 248 g/mol. The van der Waals surface area contributed by atoms with Crippen LogP contribution in [0.3, 0.4) is 0 Å². The molecule has 2 aromatic rings. The molecule has 0 unspecified atom stereocenters. The van der Waals surface area contributed by atoms with E-state index in [0.717, 1.165) is 11.1 Å². The third kappa shape index (κ3) is 3.15. The zero-order valence-corrected chi connectivity index (χ0v) is 10.8. The summed E-state index contributed by atoms with van der Waals surface area (Å²) in [5, 5.41) is 0. The minimum absolute atomic E-state index is 0.178. The van der Waals surface area contributed by atoms with Gasteiger partial charge in [0.2, 0.25) is 10.0 Å². The van der Waals surface area contributed by atoms with Crippen molar-refractivity contribution in [2.24, 2.45) is 0 Å². The van der Waals surface area contributed by atoms with Crippen LogP contribution in [-0.4, -0.2) is 13.4 Å². The van der Waals surface area contributed by atoms with Gasteiger partial charge in [-0.05, 0) is 24.6 Å². The third-order valence-corrected chi connectivity index (χ3v) is 3.92. The van der Waals surface area contributed by atoms with E-state index in [0.29, 0.717) is 0 Å². The molecule has 1 N–H and O–H groups in total. The van der Waals surface area contributed by atoms with Gasteiger partial charge in [-0.25, -0.2) is 13.1 Å². The minimum atomic E-state index is -3.48. The number of hydrogen-bond donors (Lipinski definition) is 1. The van der Waals surface area contributed by atoms with Gasteiger partial charge >= 0.3 is 0 Å². The van der Waals surface area contributed by atoms with Crippen LogP contribution < -0.4 is 4.72 Å². The van der Waals surface area contributed by atoms with Gasteiger partial charge in [-0.2, -0.15) is 0 Å². The Hall–Kier alpha value is -1.72. The number of benzene rings is 1. The molecule has 1 aromatic heterocycles. The highest BCUT2D eigenvalue weighted by molar-refractivity contribution is 7.89. The molecule has 1 aromatic carbocycles. The number of sulfonamides is 1. The zero-order valence-electron chi connectivity index (χ0n) is 10.00. The Morgan fingerprint density at radius 2 is 1.89 bits per heavy atom. The fraction of sp³-hybridized carbons (Fsp3) is 0.154. The summed E-state index contributed by atoms with van der Waals surface area (Å²) in [5.41, 5.74) is 2.07. The highest BCUT2D eigenvalue weighted by Crippen LogP contribution is 2.08. The van der Waals surface area contributed by atoms with Gasteiger partial charge in [0, 0.05) is 18.9 Å². The molecule has 0 aliphatic heterocycles. The van der Waals surface area contributed by atoms with Gasteiger partial charge in [0.05, 0.1) is 0 Å². The van der Waals surface area contributed by atoms with E-state index >= 15 is 0 Å². The monoisotopic (exact) mass is 262 g/mol. The summed E-state index contributed by atoms with van der Waals surface area (Å²) in [5.74, 6) is 0. The second-order valence-electron chi connectivity index (χ2n) is 4.00. The molecule has 0 saturated carbocycles. The Bertz CT molecular complexity index is 607. The summed E-state index contributed by atoms with van der Waals surface area (Å²) in [6.45, 7) is 2.26. The summed E-state index contributed by atoms with van der Waals surface area (Å²) in [4.78, 5) is 3.98. The van der Waals surface area contributed by atoms with E-state index in [1.165, 1.54) is 12.3 Å². The number of aromatic nitrogens is 1. The van der Waals surface area contributed by atoms with E-state index in [2.05, 4.69) is 9.71 Å². The van der Waals surface area contributed by atoms with Gasteiger partial charge in [0.25, 0.3) is 0 Å². The summed E-state index contributed by atoms with van der Waals surface area (Å²) >= 11 is 0. The van der Waals surface area contributed by atoms with Crippen LogP contribution in [0.2, 0.25) is 0 Å². The van der Waals surface area contributed by atoms with Gasteiger partial charge in [-0.3, -0.25) is 4.98 Å². The van der Waals surface area contributed by atoms with Gasteiger partial charge in [-0.15, -0.1) is 0 Å². The number of pyridine rings is 1. The predicted octanol–water partition coefficient (Wildman–Crippen LogP) is 1.87. The Morgan fingerprint density at radius 3 is 2.50 bits per heavy atom. The normalized spacial score (nSPS) is 11.4. The molecule has 0 atom stereocenters. The lowest BCUT2D eigenvalue weighted by Crippen LogP contribution is -2.23. The first-order valence-corrected chi connectivity index (χ1v) is 7.01. The van der Waals surface area contributed by atoms with E-state index in [-0.39, 0.29) is 11.4 Å². The van der Waals surface area contributed by atoms with Gasteiger partial charge in [0.1, 0.15) is 4.90 Å². The second-order valence-corrected chi connectivity index (χ2v) is 5.77. The average molecular weight is 262 g/mol. The quantitative estimate of drug-likeness (QED) is 0.915. The van der Waals surface area contributed by atoms with Crippen LogP contribution in [0.25, 0.3) is 0 Å². The maximum atomic E-state index is 11.9. The van der Waals surface area contributed by atoms with Crippen LogP contribution >= 0.6 is 0 Å². The summed E-state index contributed by atoms with van der Waals surface area (Å²) in [6, 6.07) is 10.8. The molecule has 18 heavy (non-hydrogen) atoms. The van der Waals surface area contributed by atoms with E-state index in [1.807, 2.05) is 31.2 Å². The van der Waals surface area contributed by atoms with Crippen molar-refractivity contribution in [3.8, 4) is 0 Å². The fourth-order valence-corrected chi connectivity index (χ4v) is 2.45. The largest absolute Gasteiger partial charge is 0.263 e. The smallest absolute Gasteiger partial charge is 0.242 e. The molecule has 4 nitrogen and oxygen atoms in total. The number of nitrogens with one attached hydrogen (secondary N) is 1. The fourth-order valence-electron chi connectivity index (χ4n) is 1.47. The van der Waals surface area contributed by atoms with Crippen LogP contribution in [0, 0.1) is 6.92 Å². The highest BCUT2D eigenvalue weighted by Gasteiger charge is 2.12. The second kappa shape index (κ2) is 5.29. The van der Waals surface area contributed by atoms with Crippen molar-refractivity contribution in [3.05, 3.63) is 59.9 Å². The van der Waals surface area contributed by atoms with Crippen LogP contribution in [0.5, 0.6) is 0 Å². The molecule has 0 aliphatic carbocycles. The maximum Gasteiger partial charge on any atom is 0.242 e. The van der Waals surface area contributed by atoms with E-state index < -0.39 is 10.0 Å². The van der Waals surface area contributed by atoms with Gasteiger partial charge in [-0.1, -0.05) is 29.8 Å². The molecular formula is C13H14N2O2S. The van der Waals surface area contributed by atoms with Crippen molar-refractivity contribution in [1.29, 1.82) is 0 Å². The van der Waals surface area contributed by atoms with E-state index in [1.54, 1.807) is 12.3 Å². The van der Waals surface area contributed by atoms with Crippen LogP contribution in [0.4, 0.5) is 0 Å². The van der Waals surface area contributed by atoms with E-state index in [4.69, 9.17) is 0 Å². The van der Waals surface area contributed by atoms with Crippen molar-refractivity contribution in [1.82, 2.24) is 9.71 Å². The molecule has 0 radical (unpaired) electrons. The summed E-state index contributed by atoms with van der Waals surface area (Å²) in [6.07, 6.45) is 2.87. The molecule has 2 rings (SSSR count). The van der Waals surface area contributed by atoms with Crippen LogP contribution in [-0.2, 0) is 16.6 Å². The first-order valence-electron chi connectivity index (χ1n) is 5.53. The molecule has 0 amide bonds. The molecule has 0 spiro atoms. The predicted molar refractivity (Wildman–Crippen MR) is 69.4 cm³/mol. The Kier molecular flexibility index (Phi) is 3.74. The van der Waals surface area contributed by atoms with Crippen molar-refractivity contribution in [2.45, 2.75) is 18.4 Å². The first kappa shape index (κ1) is 12.7. The Balaban J connectivity index is 2.08. The molecule has 0 bridgehead atoms. The lowest BCUT2D eigenvalue weighted by atomic mass is 10.2. The van der Waals surface area contributed by atoms with Gasteiger partial charge < -0.3 is 0 Å². The number of aryl methyl sites for hydroxylation is 1. The minimum Gasteiger partial charge on any atom is -0.263 e. The van der Waals surface area contributed by atoms with Crippen molar-refractivity contribution in [2.75, 3.05) is 0 Å². The maximum absolute atomic E-state index is 11.9. The molecule has 0 fully saturated rings. The molecule has 1 heterocycles. The van der Waals surface area contributed by atoms with Crippen molar-refractivity contribution in [3.63, 3.8) is 0 Å². The average Bonchev–Trinajstić information content (AvgIpc) is 2.39. The van der Waals surface area contributed by atoms with Gasteiger partial charge in [0.15, 0.2) is 0 Å². The SMILES string of the molecule is Cc1ccc(CNS(=O)(=O)c2cccnc2)cc1. The van der Waals surface area contributed by atoms with Crippen LogP contribution in [0.15, 0.2) is 53.7 Å². The summed E-state index contributed by atoms with van der Waals surface area (Å²) in [7, 11) is -3.48. The lowest BCUT2D eigenvalue weighted by Gasteiger charge is -2.06. The Labute approximate surface area is 107 Å². The number of rotatable bonds is 4. The number of nitrogens with zero attached hydrogens (tertiary/aromatic N) is 1. The molecule has 94 valence electrons. The Morgan fingerprint density at radius 1 is 1.17 bits per heavy atom. The summed E-state index contributed by atoms with van der Waals surface area (Å²) < 4.78 is 26.4. The van der Waals surface area contributed by atoms with Crippen molar-refractivity contribution >= 4 is 10.0 Å². The highest BCUT2D eigenvalue weighted by atomic mass is 32.2. The third-order valence-electron chi connectivity index (χ3n) is 2.53. The first-order chi connectivity index (χ1) is 8.58. The standard InChI is InChI=1S/C13H14N2O2S/c1-11-4-6-12(7-5-11)9-15-18(16,17)13-3-2-8-14-10-13/h2-8,10,15H,9H2,1H3. The zero-order chi connectivity index (χ0) is 13.0. The number of hydrogen-bond acceptors (Lipinski definition) is 3. The molecule has 0 aliphatic rings. The lowest BCUT2D eigenvalue weighted by molar-refractivity contribution is 0.581. The van der Waals surface area contributed by atoms with E-state index in [9.17, 15) is 8.42 Å². The topological polar surface area (TPSA) is 59.1 Å². The molecule has 5 heteroatoms.